The number of benzene rings is 1. The highest BCUT2D eigenvalue weighted by Gasteiger charge is 2.22. The molecule has 7 nitrogen and oxygen atoms in total. The number of nitrogens with one attached hydrogen (secondary N) is 1. The van der Waals surface area contributed by atoms with E-state index in [-0.39, 0.29) is 40.5 Å². The number of hydrogen-bond acceptors (Lipinski definition) is 5. The number of non-ortho nitro benzene ring substituents is 1. The van der Waals surface area contributed by atoms with Crippen molar-refractivity contribution in [1.82, 2.24) is 0 Å². The molecule has 0 fully saturated rings. The molecular weight excluding hydrogens is 288 g/mol. The summed E-state index contributed by atoms with van der Waals surface area (Å²) in [6, 6.07) is 1.79. The molecule has 20 heavy (non-hydrogen) atoms. The molecule has 0 amide bonds. The van der Waals surface area contributed by atoms with Crippen LogP contribution in [0.5, 0.6) is 0 Å². The number of nitro benzene ring substituents is 1. The van der Waals surface area contributed by atoms with E-state index in [9.17, 15) is 14.9 Å². The standard InChI is InChI=1S/C12H15ClN2O5/c1-6(5-16)7(2)14-11-9(12(17)18)3-8(15(19)20)4-10(11)13/h3-4,6-7,14,16H,5H2,1-2H3,(H,17,18). The first-order valence-electron chi connectivity index (χ1n) is 5.86. The van der Waals surface area contributed by atoms with Gasteiger partial charge in [0.2, 0.25) is 0 Å². The van der Waals surface area contributed by atoms with E-state index in [1.807, 2.05) is 0 Å². The summed E-state index contributed by atoms with van der Waals surface area (Å²) in [6.45, 7) is 3.45. The largest absolute Gasteiger partial charge is 0.478 e. The highest BCUT2D eigenvalue weighted by atomic mass is 35.5. The fourth-order valence-corrected chi connectivity index (χ4v) is 1.81. The van der Waals surface area contributed by atoms with E-state index in [0.717, 1.165) is 12.1 Å². The van der Waals surface area contributed by atoms with Crippen molar-refractivity contribution >= 4 is 28.9 Å². The van der Waals surface area contributed by atoms with Crippen LogP contribution in [0.15, 0.2) is 12.1 Å². The number of nitrogens with zero attached hydrogens (tertiary/aromatic N) is 1. The van der Waals surface area contributed by atoms with Gasteiger partial charge in [-0.25, -0.2) is 4.79 Å². The minimum absolute atomic E-state index is 0.0476. The molecule has 2 atom stereocenters. The van der Waals surface area contributed by atoms with Crippen molar-refractivity contribution in [3.63, 3.8) is 0 Å². The molecule has 0 radical (unpaired) electrons. The molecule has 1 rings (SSSR count). The van der Waals surface area contributed by atoms with Crippen molar-refractivity contribution in [2.45, 2.75) is 19.9 Å². The second-order valence-electron chi connectivity index (χ2n) is 4.51. The summed E-state index contributed by atoms with van der Waals surface area (Å²) >= 11 is 5.92. The first-order valence-corrected chi connectivity index (χ1v) is 6.24. The zero-order valence-corrected chi connectivity index (χ0v) is 11.7. The lowest BCUT2D eigenvalue weighted by atomic mass is 10.0. The van der Waals surface area contributed by atoms with Crippen LogP contribution in [0.4, 0.5) is 11.4 Å². The smallest absolute Gasteiger partial charge is 0.338 e. The Morgan fingerprint density at radius 2 is 2.10 bits per heavy atom. The summed E-state index contributed by atoms with van der Waals surface area (Å²) in [6.07, 6.45) is 0. The third-order valence-electron chi connectivity index (χ3n) is 3.03. The molecule has 0 aromatic heterocycles. The van der Waals surface area contributed by atoms with E-state index in [2.05, 4.69) is 5.32 Å². The van der Waals surface area contributed by atoms with Gasteiger partial charge in [-0.15, -0.1) is 0 Å². The third-order valence-corrected chi connectivity index (χ3v) is 3.33. The van der Waals surface area contributed by atoms with E-state index < -0.39 is 10.9 Å². The molecule has 0 saturated heterocycles. The van der Waals surface area contributed by atoms with Gasteiger partial charge in [-0.2, -0.15) is 0 Å². The van der Waals surface area contributed by atoms with Crippen LogP contribution in [0.1, 0.15) is 24.2 Å². The number of carboxylic acids is 1. The highest BCUT2D eigenvalue weighted by Crippen LogP contribution is 2.32. The summed E-state index contributed by atoms with van der Waals surface area (Å²) in [5.74, 6) is -1.45. The molecule has 1 aromatic carbocycles. The van der Waals surface area contributed by atoms with Crippen LogP contribution in [0.2, 0.25) is 5.02 Å². The maximum Gasteiger partial charge on any atom is 0.338 e. The van der Waals surface area contributed by atoms with Crippen LogP contribution in [0.3, 0.4) is 0 Å². The lowest BCUT2D eigenvalue weighted by molar-refractivity contribution is -0.384. The van der Waals surface area contributed by atoms with Gasteiger partial charge in [0.15, 0.2) is 0 Å². The van der Waals surface area contributed by atoms with Crippen LogP contribution in [0, 0.1) is 16.0 Å². The summed E-state index contributed by atoms with van der Waals surface area (Å²) in [4.78, 5) is 21.2. The average Bonchev–Trinajstić information content (AvgIpc) is 2.38. The van der Waals surface area contributed by atoms with Gasteiger partial charge in [-0.3, -0.25) is 10.1 Å². The average molecular weight is 303 g/mol. The van der Waals surface area contributed by atoms with E-state index in [4.69, 9.17) is 21.8 Å². The molecule has 0 aliphatic rings. The monoisotopic (exact) mass is 302 g/mol. The van der Waals surface area contributed by atoms with E-state index in [1.165, 1.54) is 0 Å². The van der Waals surface area contributed by atoms with Gasteiger partial charge >= 0.3 is 5.97 Å². The van der Waals surface area contributed by atoms with E-state index in [0.29, 0.717) is 0 Å². The molecule has 0 spiro atoms. The summed E-state index contributed by atoms with van der Waals surface area (Å²) < 4.78 is 0. The predicted molar refractivity (Wildman–Crippen MR) is 74.4 cm³/mol. The van der Waals surface area contributed by atoms with Crippen molar-refractivity contribution in [2.75, 3.05) is 11.9 Å². The van der Waals surface area contributed by atoms with E-state index in [1.54, 1.807) is 13.8 Å². The number of carboxylic acid groups (broad SMARTS) is 1. The fraction of sp³-hybridized carbons (Fsp3) is 0.417. The molecule has 110 valence electrons. The van der Waals surface area contributed by atoms with Crippen molar-refractivity contribution in [1.29, 1.82) is 0 Å². The van der Waals surface area contributed by atoms with Crippen molar-refractivity contribution < 1.29 is 19.9 Å². The first kappa shape index (κ1) is 16.2. The molecular formula is C12H15ClN2O5. The number of aliphatic hydroxyl groups excluding tert-OH is 1. The zero-order chi connectivity index (χ0) is 15.4. The normalized spacial score (nSPS) is 13.6. The molecule has 8 heteroatoms. The number of halogens is 1. The van der Waals surface area contributed by atoms with Gasteiger partial charge in [0.05, 0.1) is 21.2 Å². The zero-order valence-electron chi connectivity index (χ0n) is 11.0. The molecule has 0 aliphatic heterocycles. The lowest BCUT2D eigenvalue weighted by Crippen LogP contribution is -2.27. The third kappa shape index (κ3) is 3.58. The quantitative estimate of drug-likeness (QED) is 0.549. The van der Waals surface area contributed by atoms with Gasteiger partial charge in [-0.05, 0) is 12.8 Å². The number of hydrogen-bond donors (Lipinski definition) is 3. The Labute approximate surface area is 120 Å². The Bertz CT molecular complexity index is 535. The number of nitro groups is 1. The van der Waals surface area contributed by atoms with Crippen LogP contribution in [-0.2, 0) is 0 Å². The number of rotatable bonds is 6. The number of carbonyl (C=O) groups is 1. The van der Waals surface area contributed by atoms with Crippen LogP contribution in [0.25, 0.3) is 0 Å². The SMILES string of the molecule is CC(CO)C(C)Nc1c(Cl)cc([N+](=O)[O-])cc1C(=O)O. The molecule has 0 heterocycles. The van der Waals surface area contributed by atoms with Crippen LogP contribution < -0.4 is 5.32 Å². The minimum atomic E-state index is -1.32. The molecule has 0 aliphatic carbocycles. The molecule has 2 unspecified atom stereocenters. The fourth-order valence-electron chi connectivity index (χ4n) is 1.54. The van der Waals surface area contributed by atoms with Gasteiger partial charge in [0.1, 0.15) is 0 Å². The molecule has 1 aromatic rings. The number of anilines is 1. The van der Waals surface area contributed by atoms with Gasteiger partial charge in [0, 0.05) is 24.8 Å². The number of aromatic carboxylic acids is 1. The Hall–Kier alpha value is -1.86. The Balaban J connectivity index is 3.24. The summed E-state index contributed by atoms with van der Waals surface area (Å²) in [7, 11) is 0. The van der Waals surface area contributed by atoms with Gasteiger partial charge in [0.25, 0.3) is 5.69 Å². The van der Waals surface area contributed by atoms with Gasteiger partial charge in [-0.1, -0.05) is 18.5 Å². The minimum Gasteiger partial charge on any atom is -0.478 e. The summed E-state index contributed by atoms with van der Waals surface area (Å²) in [5, 5.41) is 31.8. The maximum absolute atomic E-state index is 11.2. The Morgan fingerprint density at radius 3 is 2.55 bits per heavy atom. The topological polar surface area (TPSA) is 113 Å². The van der Waals surface area contributed by atoms with Gasteiger partial charge < -0.3 is 15.5 Å². The van der Waals surface area contributed by atoms with Crippen molar-refractivity contribution in [3.8, 4) is 0 Å². The maximum atomic E-state index is 11.2. The van der Waals surface area contributed by atoms with Crippen LogP contribution in [-0.4, -0.2) is 33.8 Å². The van der Waals surface area contributed by atoms with E-state index >= 15 is 0 Å². The second kappa shape index (κ2) is 6.53. The lowest BCUT2D eigenvalue weighted by Gasteiger charge is -2.22. The Morgan fingerprint density at radius 1 is 1.50 bits per heavy atom. The number of aliphatic hydroxyl groups is 1. The van der Waals surface area contributed by atoms with Crippen molar-refractivity contribution in [3.05, 3.63) is 32.8 Å². The molecule has 0 saturated carbocycles. The van der Waals surface area contributed by atoms with Crippen LogP contribution >= 0.6 is 11.6 Å². The first-order chi connectivity index (χ1) is 9.27. The molecule has 3 N–H and O–H groups in total. The Kier molecular flexibility index (Phi) is 5.29. The predicted octanol–water partition coefficient (Wildman–Crippen LogP) is 2.38. The highest BCUT2D eigenvalue weighted by molar-refractivity contribution is 6.34. The van der Waals surface area contributed by atoms with Crippen molar-refractivity contribution in [2.24, 2.45) is 5.92 Å². The summed E-state index contributed by atoms with van der Waals surface area (Å²) in [5.41, 5.74) is -0.556. The second-order valence-corrected chi connectivity index (χ2v) is 4.91. The molecule has 0 bridgehead atoms.